The van der Waals surface area contributed by atoms with Gasteiger partial charge in [-0.05, 0) is 62.9 Å². The number of hydrazone groups is 1. The predicted molar refractivity (Wildman–Crippen MR) is 179 cm³/mol. The number of hydrogen-bond donors (Lipinski definition) is 2. The smallest absolute Gasteiger partial charge is 0.277 e. The van der Waals surface area contributed by atoms with E-state index in [1.165, 1.54) is 0 Å². The fraction of sp³-hybridized carbons (Fsp3) is 0.323. The van der Waals surface area contributed by atoms with Gasteiger partial charge < -0.3 is 20.1 Å². The first kappa shape index (κ1) is 29.9. The molecule has 9 nitrogen and oxygen atoms in total. The monoisotopic (exact) mass is 676 g/mol. The Morgan fingerprint density at radius 2 is 1.98 bits per heavy atom. The third-order valence-corrected chi connectivity index (χ3v) is 9.58. The van der Waals surface area contributed by atoms with Crippen LogP contribution in [0.4, 0.5) is 5.69 Å². The van der Waals surface area contributed by atoms with Crippen LogP contribution < -0.4 is 8.54 Å². The summed E-state index contributed by atoms with van der Waals surface area (Å²) >= 11 is -0.737. The molecule has 0 saturated carbocycles. The molecule has 1 unspecified atom stereocenters. The summed E-state index contributed by atoms with van der Waals surface area (Å²) in [7, 11) is 6.16. The maximum Gasteiger partial charge on any atom is 0.277 e. The zero-order valence-electron chi connectivity index (χ0n) is 23.8. The van der Waals surface area contributed by atoms with Crippen LogP contribution in [-0.2, 0) is 9.53 Å². The summed E-state index contributed by atoms with van der Waals surface area (Å²) in [6.45, 7) is 6.63. The van der Waals surface area contributed by atoms with Crippen molar-refractivity contribution in [1.82, 2.24) is 10.2 Å². The minimum Gasteiger partial charge on any atom is -0.507 e. The van der Waals surface area contributed by atoms with E-state index in [1.807, 2.05) is 70.5 Å². The maximum atomic E-state index is 13.7. The normalized spacial score (nSPS) is 23.7. The molecule has 11 heteroatoms. The molecule has 1 saturated heterocycles. The first-order valence-corrected chi connectivity index (χ1v) is 16.1. The second-order valence-electron chi connectivity index (χ2n) is 10.2. The number of phenols is 1. The number of nitrogens with one attached hydrogen (secondary N) is 1. The quantitative estimate of drug-likeness (QED) is 0.247. The lowest BCUT2D eigenvalue weighted by Gasteiger charge is -2.33. The van der Waals surface area contributed by atoms with Gasteiger partial charge in [0.25, 0.3) is 5.91 Å². The predicted octanol–water partition coefficient (Wildman–Crippen LogP) is 4.31. The van der Waals surface area contributed by atoms with E-state index in [0.29, 0.717) is 60.9 Å². The number of anilines is 1. The zero-order valence-corrected chi connectivity index (χ0v) is 26.0. The van der Waals surface area contributed by atoms with E-state index < -0.39 is 21.0 Å². The van der Waals surface area contributed by atoms with Crippen LogP contribution in [0, 0.1) is 5.92 Å². The fourth-order valence-electron chi connectivity index (χ4n) is 4.86. The molecule has 3 aliphatic rings. The highest BCUT2D eigenvalue weighted by molar-refractivity contribution is 14.2. The van der Waals surface area contributed by atoms with Crippen molar-refractivity contribution in [2.45, 2.75) is 26.7 Å². The number of aliphatic imine (C=N–C) groups is 2. The number of ether oxygens (including phenoxy) is 1. The Kier molecular flexibility index (Phi) is 10.0. The van der Waals surface area contributed by atoms with Crippen molar-refractivity contribution in [3.05, 3.63) is 83.1 Å². The fourth-order valence-corrected chi connectivity index (χ4v) is 7.22. The van der Waals surface area contributed by atoms with Crippen molar-refractivity contribution in [2.24, 2.45) is 21.0 Å². The molecule has 1 fully saturated rings. The van der Waals surface area contributed by atoms with Gasteiger partial charge in [0.2, 0.25) is 0 Å². The molecule has 0 aromatic heterocycles. The van der Waals surface area contributed by atoms with Gasteiger partial charge in [0, 0.05) is 42.8 Å². The van der Waals surface area contributed by atoms with E-state index in [1.54, 1.807) is 18.3 Å². The summed E-state index contributed by atoms with van der Waals surface area (Å²) in [6, 6.07) is 17.0. The van der Waals surface area contributed by atoms with Crippen molar-refractivity contribution in [3.8, 4) is 5.75 Å². The van der Waals surface area contributed by atoms with Crippen molar-refractivity contribution >= 4 is 61.8 Å². The van der Waals surface area contributed by atoms with Crippen LogP contribution in [0.5, 0.6) is 5.75 Å². The number of para-hydroxylation sites is 2. The molecule has 2 N–H and O–H groups in total. The molecule has 5 rings (SSSR count). The summed E-state index contributed by atoms with van der Waals surface area (Å²) in [5.74, 6) is 0.317. The molecule has 216 valence electrons. The number of aromatic hydroxyl groups is 1. The number of nitrogens with zero attached hydrogens (tertiary/aromatic N) is 5. The van der Waals surface area contributed by atoms with Crippen LogP contribution >= 0.6 is 21.0 Å². The number of carbonyl (C=O) groups is 1. The lowest BCUT2D eigenvalue weighted by Crippen LogP contribution is -2.47. The average molecular weight is 676 g/mol. The SMILES string of the molecule is [B]\C1=C(C)/N=C(c2ccccc2O)\C=C(\NCC2CCCN(C(=O)C3=NN(c4ccccc4)I=C3OCC)C2)CN=C1. The third-order valence-electron chi connectivity index (χ3n) is 7.09. The molecular formula is C31H34BIN6O3. The van der Waals surface area contributed by atoms with Gasteiger partial charge in [-0.15, -0.1) is 0 Å². The Morgan fingerprint density at radius 1 is 1.19 bits per heavy atom. The van der Waals surface area contributed by atoms with Gasteiger partial charge in [0.1, 0.15) is 13.6 Å². The van der Waals surface area contributed by atoms with Crippen LogP contribution in [0.2, 0.25) is 0 Å². The Bertz CT molecular complexity index is 1500. The van der Waals surface area contributed by atoms with Crippen molar-refractivity contribution < 1.29 is 14.6 Å². The van der Waals surface area contributed by atoms with Gasteiger partial charge in [0.15, 0.2) is 9.41 Å². The van der Waals surface area contributed by atoms with E-state index in [2.05, 4.69) is 10.3 Å². The van der Waals surface area contributed by atoms with Crippen LogP contribution in [0.1, 0.15) is 32.3 Å². The van der Waals surface area contributed by atoms with Gasteiger partial charge in [-0.25, -0.2) is 3.22 Å². The van der Waals surface area contributed by atoms with Crippen LogP contribution in [0.25, 0.3) is 0 Å². The molecule has 3 heterocycles. The maximum absolute atomic E-state index is 13.7. The standard InChI is InChI=1S/C31H34BIN6O3/c1-3-42-30-29(37-39(33-30)24-11-5-4-6-12-24)31(41)38-15-9-10-22(20-38)17-35-23-16-27(25-13-7-8-14-28(25)40)36-21(2)26(32)19-34-18-23/h4-8,11-14,16,19,22,35,40H,3,9-10,15,17-18,20H2,1-2H3/b23-16+,26-21-,34-19?,36-27+. The Labute approximate surface area is 258 Å². The molecular weight excluding hydrogens is 642 g/mol. The summed E-state index contributed by atoms with van der Waals surface area (Å²) in [6.07, 6.45) is 5.45. The van der Waals surface area contributed by atoms with E-state index in [0.717, 1.165) is 27.9 Å². The summed E-state index contributed by atoms with van der Waals surface area (Å²) in [4.78, 5) is 24.8. The minimum absolute atomic E-state index is 0.0708. The molecule has 0 spiro atoms. The summed E-state index contributed by atoms with van der Waals surface area (Å²) in [5, 5.41) is 18.8. The number of halogens is 1. The molecule has 3 aliphatic heterocycles. The molecule has 42 heavy (non-hydrogen) atoms. The van der Waals surface area contributed by atoms with Gasteiger partial charge >= 0.3 is 0 Å². The molecule has 2 aromatic carbocycles. The van der Waals surface area contributed by atoms with Crippen molar-refractivity contribution in [1.29, 1.82) is 0 Å². The van der Waals surface area contributed by atoms with Crippen LogP contribution in [0.3, 0.4) is 0 Å². The molecule has 0 bridgehead atoms. The largest absolute Gasteiger partial charge is 0.507 e. The van der Waals surface area contributed by atoms with E-state index in [4.69, 9.17) is 22.7 Å². The second kappa shape index (κ2) is 14.1. The van der Waals surface area contributed by atoms with E-state index >= 15 is 0 Å². The van der Waals surface area contributed by atoms with Gasteiger partial charge in [-0.3, -0.25) is 14.8 Å². The second-order valence-corrected chi connectivity index (χ2v) is 12.5. The van der Waals surface area contributed by atoms with E-state index in [9.17, 15) is 9.90 Å². The molecule has 1 atom stereocenters. The number of piperidine rings is 1. The third kappa shape index (κ3) is 7.25. The molecule has 2 radical (unpaired) electrons. The highest BCUT2D eigenvalue weighted by Crippen LogP contribution is 2.29. The number of benzene rings is 2. The first-order valence-electron chi connectivity index (χ1n) is 14.1. The number of carbonyl (C=O) groups excluding carboxylic acids is 1. The first-order chi connectivity index (χ1) is 20.4. The van der Waals surface area contributed by atoms with Crippen LogP contribution in [-0.4, -0.2) is 77.9 Å². The number of likely N-dealkylation sites (tertiary alicyclic amines) is 1. The van der Waals surface area contributed by atoms with Gasteiger partial charge in [-0.2, -0.15) is 5.10 Å². The van der Waals surface area contributed by atoms with Gasteiger partial charge in [-0.1, -0.05) is 35.8 Å². The van der Waals surface area contributed by atoms with Crippen molar-refractivity contribution in [2.75, 3.05) is 36.0 Å². The number of allylic oxidation sites excluding steroid dienone is 3. The topological polar surface area (TPSA) is 102 Å². The Morgan fingerprint density at radius 3 is 2.76 bits per heavy atom. The molecule has 0 aliphatic carbocycles. The summed E-state index contributed by atoms with van der Waals surface area (Å²) < 4.78 is 8.55. The van der Waals surface area contributed by atoms with Crippen LogP contribution in [0.15, 0.2) is 92.6 Å². The molecule has 2 aromatic rings. The zero-order chi connectivity index (χ0) is 29.5. The highest BCUT2D eigenvalue weighted by atomic mass is 127. The van der Waals surface area contributed by atoms with Crippen molar-refractivity contribution in [3.63, 3.8) is 0 Å². The average Bonchev–Trinajstić information content (AvgIpc) is 3.45. The number of amides is 1. The lowest BCUT2D eigenvalue weighted by molar-refractivity contribution is -0.125. The Balaban J connectivity index is 1.29. The number of rotatable bonds is 8. The lowest BCUT2D eigenvalue weighted by atomic mass is 9.95. The van der Waals surface area contributed by atoms with E-state index in [-0.39, 0.29) is 17.6 Å². The highest BCUT2D eigenvalue weighted by Gasteiger charge is 2.33. The number of hydrogen-bond acceptors (Lipinski definition) is 8. The number of phenolic OH excluding ortho intramolecular Hbond substituents is 1. The minimum atomic E-state index is -0.737. The Hall–Kier alpha value is -3.58. The van der Waals surface area contributed by atoms with Gasteiger partial charge in [0.05, 0.1) is 45.6 Å². The summed E-state index contributed by atoms with van der Waals surface area (Å²) in [5.41, 5.74) is 4.58. The molecule has 1 amide bonds.